The number of nitrogens with one attached hydrogen (secondary N) is 1. The van der Waals surface area contributed by atoms with E-state index < -0.39 is 0 Å². The number of carbonyl (C=O) groups excluding carboxylic acids is 1. The van der Waals surface area contributed by atoms with Gasteiger partial charge in [0.2, 0.25) is 0 Å². The lowest BCUT2D eigenvalue weighted by molar-refractivity contribution is 0.0942. The molecule has 1 atom stereocenters. The van der Waals surface area contributed by atoms with E-state index in [0.717, 1.165) is 3.57 Å². The van der Waals surface area contributed by atoms with Crippen molar-refractivity contribution in [1.29, 1.82) is 0 Å². The highest BCUT2D eigenvalue weighted by Gasteiger charge is 2.16. The van der Waals surface area contributed by atoms with Gasteiger partial charge >= 0.3 is 0 Å². The lowest BCUT2D eigenvalue weighted by atomic mass is 10.2. The van der Waals surface area contributed by atoms with Crippen molar-refractivity contribution < 1.29 is 4.79 Å². The minimum absolute atomic E-state index is 0.0233. The van der Waals surface area contributed by atoms with Gasteiger partial charge in [0.05, 0.1) is 6.04 Å². The van der Waals surface area contributed by atoms with E-state index in [-0.39, 0.29) is 11.9 Å². The van der Waals surface area contributed by atoms with Crippen LogP contribution in [-0.2, 0) is 0 Å². The summed E-state index contributed by atoms with van der Waals surface area (Å²) >= 11 is 3.95. The van der Waals surface area contributed by atoms with Crippen molar-refractivity contribution in [2.45, 2.75) is 6.04 Å². The van der Waals surface area contributed by atoms with Crippen molar-refractivity contribution in [3.8, 4) is 0 Å². The average Bonchev–Trinajstić information content (AvgIpc) is 2.93. The predicted octanol–water partition coefficient (Wildman–Crippen LogP) is 3.39. The lowest BCUT2D eigenvalue weighted by Gasteiger charge is -2.23. The highest BCUT2D eigenvalue weighted by atomic mass is 127. The average molecular weight is 400 g/mol. The Bertz CT molecular complexity index is 552. The maximum atomic E-state index is 12.1. The molecule has 106 valence electrons. The minimum Gasteiger partial charge on any atom is -0.350 e. The van der Waals surface area contributed by atoms with Crippen LogP contribution >= 0.6 is 33.9 Å². The Morgan fingerprint density at radius 2 is 2.00 bits per heavy atom. The molecular weight excluding hydrogens is 383 g/mol. The van der Waals surface area contributed by atoms with E-state index in [0.29, 0.717) is 12.1 Å². The zero-order chi connectivity index (χ0) is 14.5. The second-order valence-corrected chi connectivity index (χ2v) is 6.94. The van der Waals surface area contributed by atoms with Crippen LogP contribution in [0, 0.1) is 3.57 Å². The summed E-state index contributed by atoms with van der Waals surface area (Å²) in [7, 11) is 4.06. The molecule has 0 aliphatic rings. The molecule has 3 nitrogen and oxygen atoms in total. The zero-order valence-electron chi connectivity index (χ0n) is 11.5. The second-order valence-electron chi connectivity index (χ2n) is 4.71. The fourth-order valence-corrected chi connectivity index (χ4v) is 3.19. The molecule has 1 aromatic heterocycles. The van der Waals surface area contributed by atoms with Gasteiger partial charge in [0.15, 0.2) is 0 Å². The number of carbonyl (C=O) groups is 1. The summed E-state index contributed by atoms with van der Waals surface area (Å²) in [5.74, 6) is -0.0233. The molecule has 0 fully saturated rings. The molecule has 0 radical (unpaired) electrons. The highest BCUT2D eigenvalue weighted by Crippen LogP contribution is 2.22. The maximum absolute atomic E-state index is 12.1. The Balaban J connectivity index is 1.99. The van der Waals surface area contributed by atoms with Crippen molar-refractivity contribution in [2.24, 2.45) is 0 Å². The van der Waals surface area contributed by atoms with Crippen LogP contribution < -0.4 is 5.32 Å². The molecule has 1 aromatic carbocycles. The summed E-state index contributed by atoms with van der Waals surface area (Å²) in [4.78, 5) is 15.5. The van der Waals surface area contributed by atoms with E-state index in [4.69, 9.17) is 0 Å². The van der Waals surface area contributed by atoms with Gasteiger partial charge in [0, 0.05) is 20.6 Å². The quantitative estimate of drug-likeness (QED) is 0.781. The molecule has 20 heavy (non-hydrogen) atoms. The van der Waals surface area contributed by atoms with Crippen LogP contribution in [0.4, 0.5) is 0 Å². The number of hydrogen-bond acceptors (Lipinski definition) is 3. The Morgan fingerprint density at radius 1 is 1.30 bits per heavy atom. The van der Waals surface area contributed by atoms with E-state index in [1.807, 2.05) is 44.4 Å². The number of thiophene rings is 1. The highest BCUT2D eigenvalue weighted by molar-refractivity contribution is 14.1. The van der Waals surface area contributed by atoms with Gasteiger partial charge in [-0.1, -0.05) is 6.07 Å². The summed E-state index contributed by atoms with van der Waals surface area (Å²) in [6.07, 6.45) is 0. The van der Waals surface area contributed by atoms with E-state index in [1.54, 1.807) is 11.3 Å². The summed E-state index contributed by atoms with van der Waals surface area (Å²) in [5, 5.41) is 5.07. The van der Waals surface area contributed by atoms with Crippen LogP contribution in [0.2, 0.25) is 0 Å². The molecule has 0 saturated carbocycles. The normalized spacial score (nSPS) is 12.4. The van der Waals surface area contributed by atoms with Gasteiger partial charge in [-0.05, 0) is 72.4 Å². The number of rotatable bonds is 5. The van der Waals surface area contributed by atoms with Crippen LogP contribution in [0.3, 0.4) is 0 Å². The largest absolute Gasteiger partial charge is 0.350 e. The standard InChI is InChI=1S/C15H17IN2OS/c1-18(2)13(14-4-3-9-20-14)10-17-15(19)11-5-7-12(16)8-6-11/h3-9,13H,10H2,1-2H3,(H,17,19). The Labute approximate surface area is 137 Å². The van der Waals surface area contributed by atoms with E-state index >= 15 is 0 Å². The first-order valence-electron chi connectivity index (χ1n) is 6.31. The second kappa shape index (κ2) is 7.19. The smallest absolute Gasteiger partial charge is 0.251 e. The maximum Gasteiger partial charge on any atom is 0.251 e. The molecule has 1 N–H and O–H groups in total. The first kappa shape index (κ1) is 15.5. The molecule has 1 heterocycles. The molecule has 2 rings (SSSR count). The predicted molar refractivity (Wildman–Crippen MR) is 92.2 cm³/mol. The van der Waals surface area contributed by atoms with Gasteiger partial charge in [0.1, 0.15) is 0 Å². The van der Waals surface area contributed by atoms with Gasteiger partial charge < -0.3 is 10.2 Å². The van der Waals surface area contributed by atoms with Gasteiger partial charge in [-0.3, -0.25) is 4.79 Å². The summed E-state index contributed by atoms with van der Waals surface area (Å²) in [6.45, 7) is 0.609. The number of nitrogens with zero attached hydrogens (tertiary/aromatic N) is 1. The van der Waals surface area contributed by atoms with Crippen LogP contribution in [0.15, 0.2) is 41.8 Å². The van der Waals surface area contributed by atoms with E-state index in [9.17, 15) is 4.79 Å². The molecule has 0 bridgehead atoms. The fourth-order valence-electron chi connectivity index (χ4n) is 1.91. The monoisotopic (exact) mass is 400 g/mol. The van der Waals surface area contributed by atoms with Crippen molar-refractivity contribution in [3.63, 3.8) is 0 Å². The molecule has 1 amide bonds. The number of halogens is 1. The van der Waals surface area contributed by atoms with Crippen LogP contribution in [0.1, 0.15) is 21.3 Å². The number of likely N-dealkylation sites (N-methyl/N-ethyl adjacent to an activating group) is 1. The van der Waals surface area contributed by atoms with Crippen molar-refractivity contribution in [2.75, 3.05) is 20.6 Å². The summed E-state index contributed by atoms with van der Waals surface area (Å²) in [6, 6.07) is 11.9. The van der Waals surface area contributed by atoms with Crippen LogP contribution in [0.5, 0.6) is 0 Å². The van der Waals surface area contributed by atoms with Gasteiger partial charge in [0.25, 0.3) is 5.91 Å². The van der Waals surface area contributed by atoms with Crippen LogP contribution in [-0.4, -0.2) is 31.4 Å². The van der Waals surface area contributed by atoms with Crippen molar-refractivity contribution in [3.05, 3.63) is 55.8 Å². The number of benzene rings is 1. The van der Waals surface area contributed by atoms with Gasteiger partial charge in [-0.15, -0.1) is 11.3 Å². The minimum atomic E-state index is -0.0233. The van der Waals surface area contributed by atoms with Crippen molar-refractivity contribution in [1.82, 2.24) is 10.2 Å². The molecule has 0 saturated heterocycles. The van der Waals surface area contributed by atoms with Crippen LogP contribution in [0.25, 0.3) is 0 Å². The number of amides is 1. The summed E-state index contributed by atoms with van der Waals surface area (Å²) in [5.41, 5.74) is 0.703. The SMILES string of the molecule is CN(C)C(CNC(=O)c1ccc(I)cc1)c1cccs1. The molecule has 1 unspecified atom stereocenters. The van der Waals surface area contributed by atoms with Gasteiger partial charge in [-0.25, -0.2) is 0 Å². The number of hydrogen-bond donors (Lipinski definition) is 1. The third kappa shape index (κ3) is 4.04. The lowest BCUT2D eigenvalue weighted by Crippen LogP contribution is -2.34. The molecule has 0 spiro atoms. The third-order valence-electron chi connectivity index (χ3n) is 3.06. The van der Waals surface area contributed by atoms with E-state index in [1.165, 1.54) is 4.88 Å². The topological polar surface area (TPSA) is 32.3 Å². The van der Waals surface area contributed by atoms with E-state index in [2.05, 4.69) is 44.3 Å². The third-order valence-corrected chi connectivity index (χ3v) is 4.75. The molecule has 5 heteroatoms. The molecule has 0 aliphatic carbocycles. The molecule has 0 aliphatic heterocycles. The Kier molecular flexibility index (Phi) is 5.56. The molecular formula is C15H17IN2OS. The fraction of sp³-hybridized carbons (Fsp3) is 0.267. The Hall–Kier alpha value is -0.920. The first-order valence-corrected chi connectivity index (χ1v) is 8.27. The molecule has 2 aromatic rings. The van der Waals surface area contributed by atoms with Crippen molar-refractivity contribution >= 4 is 39.8 Å². The van der Waals surface area contributed by atoms with Gasteiger partial charge in [-0.2, -0.15) is 0 Å². The first-order chi connectivity index (χ1) is 9.58. The zero-order valence-corrected chi connectivity index (χ0v) is 14.4. The Morgan fingerprint density at radius 3 is 2.55 bits per heavy atom. The summed E-state index contributed by atoms with van der Waals surface area (Å²) < 4.78 is 1.13.